The molecule has 2 fully saturated rings. The van der Waals surface area contributed by atoms with Crippen molar-refractivity contribution in [3.8, 4) is 0 Å². The molecule has 0 aliphatic carbocycles. The van der Waals surface area contributed by atoms with Crippen LogP contribution in [-0.4, -0.2) is 52.3 Å². The molecule has 6 heteroatoms. The highest BCUT2D eigenvalue weighted by molar-refractivity contribution is 5.92. The lowest BCUT2D eigenvalue weighted by Crippen LogP contribution is -2.50. The van der Waals surface area contributed by atoms with Crippen molar-refractivity contribution in [2.75, 3.05) is 25.0 Å². The standard InChI is InChI=1S/C18H22N4O2/c23-17(16-7-9-19-21-16)22-10-4-8-18(13-22)11-15(12-24-18)20-14-5-2-1-3-6-14/h1-3,5-7,9,15,20H,4,8,10-13H2,(H,19,21)/t15-,18+/m0/s1. The fourth-order valence-electron chi connectivity index (χ4n) is 3.81. The molecule has 2 aliphatic rings. The van der Waals surface area contributed by atoms with Gasteiger partial charge < -0.3 is 15.0 Å². The van der Waals surface area contributed by atoms with Gasteiger partial charge >= 0.3 is 0 Å². The average molecular weight is 326 g/mol. The summed E-state index contributed by atoms with van der Waals surface area (Å²) in [7, 11) is 0. The number of aromatic amines is 1. The van der Waals surface area contributed by atoms with E-state index in [0.29, 0.717) is 18.8 Å². The molecule has 126 valence electrons. The van der Waals surface area contributed by atoms with E-state index in [-0.39, 0.29) is 17.6 Å². The van der Waals surface area contributed by atoms with Gasteiger partial charge in [-0.25, -0.2) is 0 Å². The number of benzene rings is 1. The maximum atomic E-state index is 12.6. The monoisotopic (exact) mass is 326 g/mol. The van der Waals surface area contributed by atoms with E-state index in [9.17, 15) is 4.79 Å². The first-order valence-corrected chi connectivity index (χ1v) is 8.48. The molecule has 2 aromatic rings. The van der Waals surface area contributed by atoms with Gasteiger partial charge in [-0.05, 0) is 31.0 Å². The number of rotatable bonds is 3. The number of piperidine rings is 1. The van der Waals surface area contributed by atoms with Crippen molar-refractivity contribution in [1.29, 1.82) is 0 Å². The van der Waals surface area contributed by atoms with E-state index in [1.165, 1.54) is 0 Å². The van der Waals surface area contributed by atoms with Crippen molar-refractivity contribution in [2.24, 2.45) is 0 Å². The van der Waals surface area contributed by atoms with E-state index in [4.69, 9.17) is 4.74 Å². The summed E-state index contributed by atoms with van der Waals surface area (Å²) in [5.41, 5.74) is 1.44. The predicted octanol–water partition coefficient (Wildman–Crippen LogP) is 2.29. The van der Waals surface area contributed by atoms with Gasteiger partial charge in [-0.3, -0.25) is 9.89 Å². The van der Waals surface area contributed by atoms with Gasteiger partial charge in [0.05, 0.1) is 24.8 Å². The Labute approximate surface area is 141 Å². The minimum Gasteiger partial charge on any atom is -0.380 e. The quantitative estimate of drug-likeness (QED) is 0.908. The Morgan fingerprint density at radius 2 is 2.21 bits per heavy atom. The Bertz CT molecular complexity index is 688. The molecule has 6 nitrogen and oxygen atoms in total. The van der Waals surface area contributed by atoms with Gasteiger partial charge in [0.2, 0.25) is 0 Å². The van der Waals surface area contributed by atoms with Crippen LogP contribution in [0.15, 0.2) is 42.6 Å². The normalized spacial score (nSPS) is 26.7. The molecule has 4 rings (SSSR count). The molecule has 1 amide bonds. The molecule has 1 aromatic heterocycles. The van der Waals surface area contributed by atoms with Gasteiger partial charge in [0.15, 0.2) is 0 Å². The van der Waals surface area contributed by atoms with E-state index in [1.807, 2.05) is 23.1 Å². The smallest absolute Gasteiger partial charge is 0.271 e. The predicted molar refractivity (Wildman–Crippen MR) is 90.9 cm³/mol. The number of hydrogen-bond donors (Lipinski definition) is 2. The largest absolute Gasteiger partial charge is 0.380 e. The van der Waals surface area contributed by atoms with Gasteiger partial charge in [-0.1, -0.05) is 18.2 Å². The summed E-state index contributed by atoms with van der Waals surface area (Å²) in [6.07, 6.45) is 4.51. The molecule has 0 bridgehead atoms. The molecule has 24 heavy (non-hydrogen) atoms. The fourth-order valence-corrected chi connectivity index (χ4v) is 3.81. The summed E-state index contributed by atoms with van der Waals surface area (Å²) < 4.78 is 6.18. The third-order valence-electron chi connectivity index (χ3n) is 4.91. The molecule has 2 aliphatic heterocycles. The van der Waals surface area contributed by atoms with Crippen molar-refractivity contribution in [2.45, 2.75) is 30.9 Å². The number of carbonyl (C=O) groups excluding carboxylic acids is 1. The zero-order valence-corrected chi connectivity index (χ0v) is 13.6. The van der Waals surface area contributed by atoms with E-state index >= 15 is 0 Å². The van der Waals surface area contributed by atoms with Crippen LogP contribution in [0, 0.1) is 0 Å². The Hall–Kier alpha value is -2.34. The van der Waals surface area contributed by atoms with E-state index in [2.05, 4.69) is 27.6 Å². The first-order valence-electron chi connectivity index (χ1n) is 8.48. The molecule has 2 saturated heterocycles. The Balaban J connectivity index is 1.41. The minimum atomic E-state index is -0.222. The molecular weight excluding hydrogens is 304 g/mol. The van der Waals surface area contributed by atoms with Crippen LogP contribution in [0.3, 0.4) is 0 Å². The van der Waals surface area contributed by atoms with E-state index < -0.39 is 0 Å². The van der Waals surface area contributed by atoms with Crippen LogP contribution in [-0.2, 0) is 4.74 Å². The molecule has 0 radical (unpaired) electrons. The van der Waals surface area contributed by atoms with Gasteiger partial charge in [-0.15, -0.1) is 0 Å². The number of para-hydroxylation sites is 1. The van der Waals surface area contributed by atoms with Crippen molar-refractivity contribution in [3.05, 3.63) is 48.3 Å². The molecule has 2 atom stereocenters. The lowest BCUT2D eigenvalue weighted by molar-refractivity contribution is -0.0448. The Morgan fingerprint density at radius 3 is 3.00 bits per heavy atom. The van der Waals surface area contributed by atoms with Gasteiger partial charge in [0.25, 0.3) is 5.91 Å². The van der Waals surface area contributed by atoms with Crippen molar-refractivity contribution < 1.29 is 9.53 Å². The molecule has 0 unspecified atom stereocenters. The zero-order chi connectivity index (χ0) is 16.4. The molecule has 1 spiro atoms. The highest BCUT2D eigenvalue weighted by Gasteiger charge is 2.44. The minimum absolute atomic E-state index is 0.00893. The number of anilines is 1. The second kappa shape index (κ2) is 6.28. The maximum absolute atomic E-state index is 12.6. The summed E-state index contributed by atoms with van der Waals surface area (Å²) in [6.45, 7) is 2.11. The first kappa shape index (κ1) is 15.2. The lowest BCUT2D eigenvalue weighted by Gasteiger charge is -2.39. The molecule has 2 N–H and O–H groups in total. The molecular formula is C18H22N4O2. The number of aromatic nitrogens is 2. The second-order valence-electron chi connectivity index (χ2n) is 6.71. The molecule has 0 saturated carbocycles. The summed E-state index contributed by atoms with van der Waals surface area (Å²) in [5, 5.41) is 10.2. The average Bonchev–Trinajstić information content (AvgIpc) is 3.26. The number of H-pyrrole nitrogens is 1. The van der Waals surface area contributed by atoms with Gasteiger partial charge in [-0.2, -0.15) is 5.10 Å². The Kier molecular flexibility index (Phi) is 3.98. The second-order valence-corrected chi connectivity index (χ2v) is 6.71. The fraction of sp³-hybridized carbons (Fsp3) is 0.444. The topological polar surface area (TPSA) is 70.2 Å². The summed E-state index contributed by atoms with van der Waals surface area (Å²) in [4.78, 5) is 14.4. The van der Waals surface area contributed by atoms with E-state index in [0.717, 1.165) is 31.5 Å². The van der Waals surface area contributed by atoms with Crippen molar-refractivity contribution >= 4 is 11.6 Å². The lowest BCUT2D eigenvalue weighted by atomic mass is 9.88. The summed E-state index contributed by atoms with van der Waals surface area (Å²) >= 11 is 0. The maximum Gasteiger partial charge on any atom is 0.271 e. The molecule has 3 heterocycles. The van der Waals surface area contributed by atoms with E-state index in [1.54, 1.807) is 12.3 Å². The van der Waals surface area contributed by atoms with Gasteiger partial charge in [0, 0.05) is 24.8 Å². The number of likely N-dealkylation sites (tertiary alicyclic amines) is 1. The zero-order valence-electron chi connectivity index (χ0n) is 13.6. The third-order valence-corrected chi connectivity index (χ3v) is 4.91. The van der Waals surface area contributed by atoms with Crippen LogP contribution in [0.1, 0.15) is 29.8 Å². The number of nitrogens with one attached hydrogen (secondary N) is 2. The SMILES string of the molecule is O=C(c1ccn[nH]1)N1CCC[C@@]2(C[C@H](Nc3ccccc3)CO2)C1. The number of nitrogens with zero attached hydrogens (tertiary/aromatic N) is 2. The van der Waals surface area contributed by atoms with Crippen molar-refractivity contribution in [3.63, 3.8) is 0 Å². The number of amides is 1. The number of hydrogen-bond acceptors (Lipinski definition) is 4. The Morgan fingerprint density at radius 1 is 1.33 bits per heavy atom. The van der Waals surface area contributed by atoms with Crippen LogP contribution in [0.25, 0.3) is 0 Å². The number of ether oxygens (including phenoxy) is 1. The van der Waals surface area contributed by atoms with Crippen LogP contribution >= 0.6 is 0 Å². The van der Waals surface area contributed by atoms with Crippen LogP contribution in [0.4, 0.5) is 5.69 Å². The molecule has 1 aromatic carbocycles. The van der Waals surface area contributed by atoms with Crippen LogP contribution in [0.5, 0.6) is 0 Å². The summed E-state index contributed by atoms with van der Waals surface area (Å²) in [6, 6.07) is 12.2. The van der Waals surface area contributed by atoms with Crippen molar-refractivity contribution in [1.82, 2.24) is 15.1 Å². The highest BCUT2D eigenvalue weighted by atomic mass is 16.5. The highest BCUT2D eigenvalue weighted by Crippen LogP contribution is 2.36. The third kappa shape index (κ3) is 3.01. The number of carbonyl (C=O) groups is 1. The van der Waals surface area contributed by atoms with Crippen LogP contribution in [0.2, 0.25) is 0 Å². The van der Waals surface area contributed by atoms with Gasteiger partial charge in [0.1, 0.15) is 5.69 Å². The van der Waals surface area contributed by atoms with Crippen LogP contribution < -0.4 is 5.32 Å². The summed E-state index contributed by atoms with van der Waals surface area (Å²) in [5.74, 6) is 0.00893. The first-order chi connectivity index (χ1) is 11.7.